The third-order valence-electron chi connectivity index (χ3n) is 4.32. The van der Waals surface area contributed by atoms with Crippen molar-refractivity contribution in [3.8, 4) is 0 Å². The fraction of sp³-hybridized carbons (Fsp3) is 0.375. The lowest BCUT2D eigenvalue weighted by Crippen LogP contribution is -2.15. The van der Waals surface area contributed by atoms with Crippen molar-refractivity contribution in [3.63, 3.8) is 0 Å². The van der Waals surface area contributed by atoms with Gasteiger partial charge in [0.1, 0.15) is 0 Å². The van der Waals surface area contributed by atoms with Gasteiger partial charge in [-0.3, -0.25) is 4.79 Å². The maximum atomic E-state index is 12.9. The molecule has 1 saturated carbocycles. The maximum absolute atomic E-state index is 12.9. The van der Waals surface area contributed by atoms with Gasteiger partial charge in [0.25, 0.3) is 0 Å². The molecule has 0 bridgehead atoms. The van der Waals surface area contributed by atoms with Crippen LogP contribution in [-0.2, 0) is 21.4 Å². The highest BCUT2D eigenvalue weighted by Crippen LogP contribution is 2.49. The summed E-state index contributed by atoms with van der Waals surface area (Å²) in [7, 11) is -4.06. The Labute approximate surface area is 141 Å². The van der Waals surface area contributed by atoms with Gasteiger partial charge < -0.3 is 4.52 Å². The van der Waals surface area contributed by atoms with Crippen molar-refractivity contribution in [1.29, 1.82) is 0 Å². The van der Waals surface area contributed by atoms with Crippen LogP contribution < -0.4 is 0 Å². The van der Waals surface area contributed by atoms with Gasteiger partial charge in [0.15, 0.2) is 21.4 Å². The van der Waals surface area contributed by atoms with E-state index in [1.807, 2.05) is 6.92 Å². The number of halogens is 3. The number of hydrogen-bond donors (Lipinski definition) is 0. The van der Waals surface area contributed by atoms with Crippen LogP contribution in [0.25, 0.3) is 0 Å². The predicted octanol–water partition coefficient (Wildman–Crippen LogP) is 3.38. The lowest BCUT2D eigenvalue weighted by Gasteiger charge is -2.12. The topological polar surface area (TPSA) is 77.2 Å². The van der Waals surface area contributed by atoms with Crippen molar-refractivity contribution in [2.75, 3.05) is 6.26 Å². The molecule has 0 spiro atoms. The largest absolute Gasteiger partial charge is 0.416 e. The summed E-state index contributed by atoms with van der Waals surface area (Å²) in [5.41, 5.74) is -1.74. The van der Waals surface area contributed by atoms with Gasteiger partial charge in [0.2, 0.25) is 0 Å². The van der Waals surface area contributed by atoms with Gasteiger partial charge in [-0.05, 0) is 31.0 Å². The zero-order chi connectivity index (χ0) is 18.6. The van der Waals surface area contributed by atoms with Crippen LogP contribution in [0.2, 0.25) is 0 Å². The number of nitrogens with zero attached hydrogens (tertiary/aromatic N) is 1. The fourth-order valence-electron chi connectivity index (χ4n) is 2.59. The lowest BCUT2D eigenvalue weighted by molar-refractivity contribution is -0.137. The molecule has 9 heteroatoms. The van der Waals surface area contributed by atoms with Crippen LogP contribution >= 0.6 is 0 Å². The van der Waals surface area contributed by atoms with Crippen molar-refractivity contribution in [3.05, 3.63) is 46.8 Å². The van der Waals surface area contributed by atoms with Gasteiger partial charge >= 0.3 is 6.18 Å². The molecule has 1 aromatic carbocycles. The summed E-state index contributed by atoms with van der Waals surface area (Å²) in [5, 5.41) is 3.60. The van der Waals surface area contributed by atoms with E-state index < -0.39 is 32.3 Å². The average molecular weight is 373 g/mol. The smallest absolute Gasteiger partial charge is 0.360 e. The van der Waals surface area contributed by atoms with Crippen LogP contribution in [0.4, 0.5) is 13.2 Å². The highest BCUT2D eigenvalue weighted by Gasteiger charge is 2.46. The Morgan fingerprint density at radius 2 is 1.88 bits per heavy atom. The number of benzene rings is 1. The zero-order valence-electron chi connectivity index (χ0n) is 13.3. The summed E-state index contributed by atoms with van der Waals surface area (Å²) in [6, 6.07) is 2.05. The molecule has 1 fully saturated rings. The second kappa shape index (κ2) is 5.42. The number of alkyl halides is 3. The summed E-state index contributed by atoms with van der Waals surface area (Å²) in [4.78, 5) is 12.1. The number of sulfone groups is 1. The summed E-state index contributed by atoms with van der Waals surface area (Å²) in [5.74, 6) is -0.393. The molecule has 0 radical (unpaired) electrons. The van der Waals surface area contributed by atoms with Crippen LogP contribution in [-0.4, -0.2) is 25.6 Å². The van der Waals surface area contributed by atoms with Gasteiger partial charge in [0.05, 0.1) is 22.2 Å². The zero-order valence-corrected chi connectivity index (χ0v) is 14.2. The molecule has 1 aliphatic rings. The molecular formula is C16H14F3NO4S. The van der Waals surface area contributed by atoms with Crippen LogP contribution in [0.15, 0.2) is 33.8 Å². The van der Waals surface area contributed by atoms with E-state index in [1.165, 1.54) is 6.20 Å². The van der Waals surface area contributed by atoms with Crippen molar-refractivity contribution >= 4 is 15.6 Å². The van der Waals surface area contributed by atoms with E-state index >= 15 is 0 Å². The molecule has 0 unspecified atom stereocenters. The van der Waals surface area contributed by atoms with Crippen LogP contribution in [0, 0.1) is 0 Å². The monoisotopic (exact) mass is 373 g/mol. The van der Waals surface area contributed by atoms with Gasteiger partial charge in [-0.25, -0.2) is 8.42 Å². The molecule has 1 heterocycles. The Morgan fingerprint density at radius 1 is 1.24 bits per heavy atom. The van der Waals surface area contributed by atoms with Gasteiger partial charge in [0, 0.05) is 17.2 Å². The summed E-state index contributed by atoms with van der Waals surface area (Å²) in [6.07, 6.45) is -1.21. The van der Waals surface area contributed by atoms with Crippen LogP contribution in [0.5, 0.6) is 0 Å². The Hall–Kier alpha value is -2.16. The Balaban J connectivity index is 2.14. The normalized spacial score (nSPS) is 16.7. The van der Waals surface area contributed by atoms with Gasteiger partial charge in [-0.2, -0.15) is 13.2 Å². The van der Waals surface area contributed by atoms with E-state index in [9.17, 15) is 26.4 Å². The molecule has 2 aromatic rings. The average Bonchev–Trinajstić information content (AvgIpc) is 3.06. The molecule has 1 aliphatic carbocycles. The molecule has 0 atom stereocenters. The molecule has 0 amide bonds. The SMILES string of the molecule is CC1(c2oncc2C(=O)c2ccc(C(F)(F)F)cc2S(C)(=O)=O)CC1. The second-order valence-corrected chi connectivity index (χ2v) is 8.42. The van der Waals surface area contributed by atoms with E-state index in [4.69, 9.17) is 4.52 Å². The summed E-state index contributed by atoms with van der Waals surface area (Å²) in [6.45, 7) is 1.87. The maximum Gasteiger partial charge on any atom is 0.416 e. The molecule has 25 heavy (non-hydrogen) atoms. The van der Waals surface area contributed by atoms with Crippen LogP contribution in [0.1, 0.15) is 47.0 Å². The number of hydrogen-bond acceptors (Lipinski definition) is 5. The number of carbonyl (C=O) groups is 1. The van der Waals surface area contributed by atoms with Gasteiger partial charge in [-0.1, -0.05) is 12.1 Å². The van der Waals surface area contributed by atoms with E-state index in [0.717, 1.165) is 25.2 Å². The first kappa shape index (κ1) is 17.7. The minimum absolute atomic E-state index is 0.0738. The standard InChI is InChI=1S/C16H14F3NO4S/c1-15(5-6-15)14-11(8-20-24-14)13(21)10-4-3-9(16(17,18)19)7-12(10)25(2,22)23/h3-4,7-8H,5-6H2,1-2H3. The quantitative estimate of drug-likeness (QED) is 0.768. The van der Waals surface area contributed by atoms with Crippen molar-refractivity contribution in [2.24, 2.45) is 0 Å². The molecule has 5 nitrogen and oxygen atoms in total. The number of ketones is 1. The molecule has 1 aromatic heterocycles. The second-order valence-electron chi connectivity index (χ2n) is 6.44. The third-order valence-corrected chi connectivity index (χ3v) is 5.45. The molecule has 3 rings (SSSR count). The molecule has 134 valence electrons. The third kappa shape index (κ3) is 3.20. The first-order chi connectivity index (χ1) is 11.4. The highest BCUT2D eigenvalue weighted by molar-refractivity contribution is 7.90. The Kier molecular flexibility index (Phi) is 3.83. The molecule has 0 aliphatic heterocycles. The molecular weight excluding hydrogens is 359 g/mol. The van der Waals surface area contributed by atoms with E-state index in [2.05, 4.69) is 5.16 Å². The number of rotatable bonds is 4. The summed E-state index contributed by atoms with van der Waals surface area (Å²) >= 11 is 0. The minimum atomic E-state index is -4.72. The predicted molar refractivity (Wildman–Crippen MR) is 81.1 cm³/mol. The summed E-state index contributed by atoms with van der Waals surface area (Å²) < 4.78 is 67.7. The number of carbonyl (C=O) groups excluding carboxylic acids is 1. The Bertz CT molecular complexity index is 956. The number of aromatic nitrogens is 1. The first-order valence-corrected chi connectivity index (χ1v) is 9.24. The van der Waals surface area contributed by atoms with E-state index in [-0.39, 0.29) is 16.5 Å². The first-order valence-electron chi connectivity index (χ1n) is 7.35. The lowest BCUT2D eigenvalue weighted by atomic mass is 9.96. The van der Waals surface area contributed by atoms with E-state index in [0.29, 0.717) is 17.9 Å². The highest BCUT2D eigenvalue weighted by atomic mass is 32.2. The van der Waals surface area contributed by atoms with Crippen molar-refractivity contribution in [1.82, 2.24) is 5.16 Å². The Morgan fingerprint density at radius 3 is 2.40 bits per heavy atom. The van der Waals surface area contributed by atoms with Crippen LogP contribution in [0.3, 0.4) is 0 Å². The van der Waals surface area contributed by atoms with Crippen molar-refractivity contribution in [2.45, 2.75) is 36.3 Å². The molecule has 0 saturated heterocycles. The van der Waals surface area contributed by atoms with Gasteiger partial charge in [-0.15, -0.1) is 0 Å². The minimum Gasteiger partial charge on any atom is -0.360 e. The fourth-order valence-corrected chi connectivity index (χ4v) is 3.49. The van der Waals surface area contributed by atoms with Crippen molar-refractivity contribution < 1.29 is 30.9 Å². The molecule has 0 N–H and O–H groups in total. The van der Waals surface area contributed by atoms with E-state index in [1.54, 1.807) is 0 Å².